The third kappa shape index (κ3) is 9.07. The highest BCUT2D eigenvalue weighted by Crippen LogP contribution is 2.12. The van der Waals surface area contributed by atoms with Gasteiger partial charge in [0.25, 0.3) is 0 Å². The van der Waals surface area contributed by atoms with Crippen molar-refractivity contribution in [1.29, 1.82) is 0 Å². The monoisotopic (exact) mass is 432 g/mol. The third-order valence-corrected chi connectivity index (χ3v) is 5.07. The van der Waals surface area contributed by atoms with Gasteiger partial charge in [0.1, 0.15) is 0 Å². The summed E-state index contributed by atoms with van der Waals surface area (Å²) in [7, 11) is 0. The molecule has 0 spiro atoms. The SMILES string of the molecule is Cl.Cl.O=C(CC1CN(Cc2ccccc2)CCO1)NCCCN1CCNCC1. The first-order valence-electron chi connectivity index (χ1n) is 9.87. The van der Waals surface area contributed by atoms with Crippen LogP contribution in [-0.2, 0) is 16.1 Å². The van der Waals surface area contributed by atoms with Crippen LogP contribution in [0.2, 0.25) is 0 Å². The quantitative estimate of drug-likeness (QED) is 0.610. The molecule has 1 atom stereocenters. The summed E-state index contributed by atoms with van der Waals surface area (Å²) in [5, 5.41) is 6.41. The predicted octanol–water partition coefficient (Wildman–Crippen LogP) is 1.53. The van der Waals surface area contributed by atoms with Gasteiger partial charge in [-0.15, -0.1) is 24.8 Å². The summed E-state index contributed by atoms with van der Waals surface area (Å²) in [5.41, 5.74) is 1.31. The molecular weight excluding hydrogens is 399 g/mol. The third-order valence-electron chi connectivity index (χ3n) is 5.07. The second kappa shape index (κ2) is 14.1. The molecule has 0 aliphatic carbocycles. The zero-order valence-corrected chi connectivity index (χ0v) is 18.1. The number of rotatable bonds is 8. The fraction of sp³-hybridized carbons (Fsp3) is 0.650. The van der Waals surface area contributed by atoms with E-state index in [0.29, 0.717) is 13.0 Å². The Balaban J connectivity index is 0.00000196. The minimum absolute atomic E-state index is 0. The largest absolute Gasteiger partial charge is 0.375 e. The van der Waals surface area contributed by atoms with Gasteiger partial charge in [-0.25, -0.2) is 0 Å². The van der Waals surface area contributed by atoms with Crippen LogP contribution in [0.1, 0.15) is 18.4 Å². The lowest BCUT2D eigenvalue weighted by Crippen LogP contribution is -2.45. The number of carbonyl (C=O) groups is 1. The van der Waals surface area contributed by atoms with Crippen LogP contribution in [-0.4, -0.2) is 80.8 Å². The van der Waals surface area contributed by atoms with E-state index < -0.39 is 0 Å². The standard InChI is InChI=1S/C20H32N4O2.2ClH/c25-20(22-7-4-10-23-11-8-21-9-12-23)15-19-17-24(13-14-26-19)16-18-5-2-1-3-6-18;;/h1-3,5-6,19,21H,4,7-17H2,(H,22,25);2*1H. The Morgan fingerprint density at radius 1 is 1.11 bits per heavy atom. The van der Waals surface area contributed by atoms with Crippen LogP contribution in [0.15, 0.2) is 30.3 Å². The van der Waals surface area contributed by atoms with Gasteiger partial charge in [0.15, 0.2) is 0 Å². The number of ether oxygens (including phenoxy) is 1. The van der Waals surface area contributed by atoms with Crippen LogP contribution in [0.3, 0.4) is 0 Å². The van der Waals surface area contributed by atoms with Crippen LogP contribution in [0.25, 0.3) is 0 Å². The number of amides is 1. The molecular formula is C20H34Cl2N4O2. The molecule has 2 aliphatic heterocycles. The molecule has 1 aromatic rings. The first-order valence-corrected chi connectivity index (χ1v) is 9.87. The average Bonchev–Trinajstić information content (AvgIpc) is 2.67. The zero-order chi connectivity index (χ0) is 18.0. The first kappa shape index (κ1) is 25.1. The number of hydrogen-bond donors (Lipinski definition) is 2. The van der Waals surface area contributed by atoms with Gasteiger partial charge in [0, 0.05) is 52.4 Å². The highest BCUT2D eigenvalue weighted by Gasteiger charge is 2.22. The van der Waals surface area contributed by atoms with Gasteiger partial charge in [0.2, 0.25) is 5.91 Å². The van der Waals surface area contributed by atoms with E-state index in [4.69, 9.17) is 4.74 Å². The molecule has 0 aromatic heterocycles. The summed E-state index contributed by atoms with van der Waals surface area (Å²) < 4.78 is 5.80. The number of nitrogens with one attached hydrogen (secondary N) is 2. The maximum absolute atomic E-state index is 12.2. The summed E-state index contributed by atoms with van der Waals surface area (Å²) in [4.78, 5) is 17.0. The van der Waals surface area contributed by atoms with Gasteiger partial charge in [-0.2, -0.15) is 0 Å². The second-order valence-corrected chi connectivity index (χ2v) is 7.21. The summed E-state index contributed by atoms with van der Waals surface area (Å²) in [6.07, 6.45) is 1.47. The Hall–Kier alpha value is -0.890. The first-order chi connectivity index (χ1) is 12.8. The molecule has 1 aromatic carbocycles. The van der Waals surface area contributed by atoms with Crippen molar-refractivity contribution in [2.24, 2.45) is 0 Å². The molecule has 2 saturated heterocycles. The number of morpholine rings is 1. The average molecular weight is 433 g/mol. The van der Waals surface area contributed by atoms with E-state index in [1.165, 1.54) is 5.56 Å². The van der Waals surface area contributed by atoms with E-state index in [2.05, 4.69) is 44.7 Å². The summed E-state index contributed by atoms with van der Waals surface area (Å²) >= 11 is 0. The molecule has 1 amide bonds. The molecule has 2 aliphatic rings. The highest BCUT2D eigenvalue weighted by atomic mass is 35.5. The Labute approximate surface area is 181 Å². The van der Waals surface area contributed by atoms with Crippen LogP contribution in [0.5, 0.6) is 0 Å². The number of nitrogens with zero attached hydrogens (tertiary/aromatic N) is 2. The molecule has 0 radical (unpaired) electrons. The lowest BCUT2D eigenvalue weighted by Gasteiger charge is -2.32. The number of hydrogen-bond acceptors (Lipinski definition) is 5. The Morgan fingerprint density at radius 2 is 1.86 bits per heavy atom. The zero-order valence-electron chi connectivity index (χ0n) is 16.5. The van der Waals surface area contributed by atoms with Crippen molar-refractivity contribution in [1.82, 2.24) is 20.4 Å². The van der Waals surface area contributed by atoms with Crippen molar-refractivity contribution in [3.8, 4) is 0 Å². The van der Waals surface area contributed by atoms with Crippen molar-refractivity contribution in [3.05, 3.63) is 35.9 Å². The summed E-state index contributed by atoms with van der Waals surface area (Å²) in [6.45, 7) is 9.56. The van der Waals surface area contributed by atoms with Crippen molar-refractivity contribution < 1.29 is 9.53 Å². The summed E-state index contributed by atoms with van der Waals surface area (Å²) in [5.74, 6) is 0.108. The Bertz CT molecular complexity index is 544. The van der Waals surface area contributed by atoms with Crippen LogP contribution in [0.4, 0.5) is 0 Å². The van der Waals surface area contributed by atoms with Gasteiger partial charge >= 0.3 is 0 Å². The number of piperazine rings is 1. The predicted molar refractivity (Wildman–Crippen MR) is 118 cm³/mol. The maximum atomic E-state index is 12.2. The molecule has 1 unspecified atom stereocenters. The molecule has 0 saturated carbocycles. The van der Waals surface area contributed by atoms with Gasteiger partial charge < -0.3 is 20.3 Å². The molecule has 28 heavy (non-hydrogen) atoms. The molecule has 6 nitrogen and oxygen atoms in total. The summed E-state index contributed by atoms with van der Waals surface area (Å²) in [6, 6.07) is 10.5. The van der Waals surface area contributed by atoms with E-state index in [1.54, 1.807) is 0 Å². The lowest BCUT2D eigenvalue weighted by atomic mass is 10.1. The normalized spacial score (nSPS) is 20.6. The van der Waals surface area contributed by atoms with Gasteiger partial charge in [0.05, 0.1) is 19.1 Å². The Kier molecular flexibility index (Phi) is 12.7. The van der Waals surface area contributed by atoms with Crippen LogP contribution >= 0.6 is 24.8 Å². The number of carbonyl (C=O) groups excluding carboxylic acids is 1. The van der Waals surface area contributed by atoms with Crippen molar-refractivity contribution >= 4 is 30.7 Å². The topological polar surface area (TPSA) is 56.8 Å². The molecule has 160 valence electrons. The van der Waals surface area contributed by atoms with E-state index in [-0.39, 0.29) is 36.8 Å². The van der Waals surface area contributed by atoms with Crippen LogP contribution < -0.4 is 10.6 Å². The van der Waals surface area contributed by atoms with E-state index in [0.717, 1.165) is 65.3 Å². The van der Waals surface area contributed by atoms with Crippen molar-refractivity contribution in [2.45, 2.75) is 25.5 Å². The van der Waals surface area contributed by atoms with Crippen molar-refractivity contribution in [3.63, 3.8) is 0 Å². The molecule has 0 bridgehead atoms. The Morgan fingerprint density at radius 3 is 2.61 bits per heavy atom. The molecule has 2 heterocycles. The molecule has 2 fully saturated rings. The van der Waals surface area contributed by atoms with E-state index in [9.17, 15) is 4.79 Å². The molecule has 2 N–H and O–H groups in total. The van der Waals surface area contributed by atoms with E-state index in [1.807, 2.05) is 6.07 Å². The number of benzene rings is 1. The van der Waals surface area contributed by atoms with Gasteiger partial charge in [-0.3, -0.25) is 9.69 Å². The van der Waals surface area contributed by atoms with E-state index >= 15 is 0 Å². The molecule has 3 rings (SSSR count). The van der Waals surface area contributed by atoms with Crippen LogP contribution in [0, 0.1) is 0 Å². The van der Waals surface area contributed by atoms with Gasteiger partial charge in [-0.05, 0) is 18.5 Å². The highest BCUT2D eigenvalue weighted by molar-refractivity contribution is 5.85. The van der Waals surface area contributed by atoms with Gasteiger partial charge in [-0.1, -0.05) is 30.3 Å². The minimum atomic E-state index is 0. The fourth-order valence-corrected chi connectivity index (χ4v) is 3.63. The second-order valence-electron chi connectivity index (χ2n) is 7.21. The maximum Gasteiger partial charge on any atom is 0.222 e. The fourth-order valence-electron chi connectivity index (χ4n) is 3.63. The molecule has 8 heteroatoms. The minimum Gasteiger partial charge on any atom is -0.375 e. The lowest BCUT2D eigenvalue weighted by molar-refractivity contribution is -0.126. The number of halogens is 2. The van der Waals surface area contributed by atoms with Crippen molar-refractivity contribution in [2.75, 3.05) is 59.0 Å². The smallest absolute Gasteiger partial charge is 0.222 e.